The zero-order chi connectivity index (χ0) is 16.7. The van der Waals surface area contributed by atoms with Crippen molar-refractivity contribution in [3.8, 4) is 0 Å². The van der Waals surface area contributed by atoms with Crippen LogP contribution in [0, 0.1) is 0 Å². The van der Waals surface area contributed by atoms with E-state index < -0.39 is 12.4 Å². The van der Waals surface area contributed by atoms with E-state index in [9.17, 15) is 9.90 Å². The number of aliphatic hydroxyl groups is 1. The Hall–Kier alpha value is -1.47. The van der Waals surface area contributed by atoms with Gasteiger partial charge in [-0.05, 0) is 5.56 Å². The molecule has 0 aliphatic carbocycles. The summed E-state index contributed by atoms with van der Waals surface area (Å²) in [4.78, 5) is 13.6. The number of rotatable bonds is 7. The number of amides is 1. The van der Waals surface area contributed by atoms with Crippen molar-refractivity contribution < 1.29 is 24.1 Å². The van der Waals surface area contributed by atoms with Crippen molar-refractivity contribution in [1.82, 2.24) is 4.90 Å². The maximum absolute atomic E-state index is 12.0. The van der Waals surface area contributed by atoms with Gasteiger partial charge in [0.05, 0.1) is 32.0 Å². The first-order valence-corrected chi connectivity index (χ1v) is 7.83. The average molecular weight is 323 g/mol. The van der Waals surface area contributed by atoms with Crippen LogP contribution >= 0.6 is 0 Å². The number of hydrogen-bond acceptors (Lipinski definition) is 5. The van der Waals surface area contributed by atoms with Gasteiger partial charge >= 0.3 is 0 Å². The number of methoxy groups -OCH3 is 1. The van der Waals surface area contributed by atoms with Crippen molar-refractivity contribution in [2.45, 2.75) is 38.4 Å². The molecule has 2 rings (SSSR count). The van der Waals surface area contributed by atoms with Gasteiger partial charge in [-0.1, -0.05) is 30.3 Å². The summed E-state index contributed by atoms with van der Waals surface area (Å²) in [5, 5.41) is 9.79. The van der Waals surface area contributed by atoms with Gasteiger partial charge in [0, 0.05) is 27.0 Å². The molecule has 1 aliphatic heterocycles. The van der Waals surface area contributed by atoms with Gasteiger partial charge in [-0.3, -0.25) is 4.79 Å². The Morgan fingerprint density at radius 2 is 2.13 bits per heavy atom. The van der Waals surface area contributed by atoms with E-state index in [4.69, 9.17) is 14.2 Å². The third-order valence-corrected chi connectivity index (χ3v) is 3.91. The number of ether oxygens (including phenoxy) is 3. The molecular formula is C17H25NO5. The fourth-order valence-corrected chi connectivity index (χ4v) is 2.76. The molecule has 1 N–H and O–H groups in total. The number of hydrogen-bond donors (Lipinski definition) is 1. The summed E-state index contributed by atoms with van der Waals surface area (Å²) in [5.41, 5.74) is 1.09. The molecule has 1 aromatic carbocycles. The molecule has 1 heterocycles. The first-order chi connectivity index (χ1) is 11.1. The highest BCUT2D eigenvalue weighted by Gasteiger charge is 2.36. The molecule has 6 nitrogen and oxygen atoms in total. The van der Waals surface area contributed by atoms with Gasteiger partial charge in [0.1, 0.15) is 0 Å². The number of nitrogens with zero attached hydrogens (tertiary/aromatic N) is 1. The second kappa shape index (κ2) is 8.98. The van der Waals surface area contributed by atoms with E-state index in [0.29, 0.717) is 26.2 Å². The summed E-state index contributed by atoms with van der Waals surface area (Å²) in [6.45, 7) is 3.08. The second-order valence-electron chi connectivity index (χ2n) is 5.64. The lowest BCUT2D eigenvalue weighted by Crippen LogP contribution is -2.54. The molecule has 1 saturated heterocycles. The normalized spacial score (nSPS) is 24.4. The zero-order valence-electron chi connectivity index (χ0n) is 13.7. The zero-order valence-corrected chi connectivity index (χ0v) is 13.7. The first-order valence-electron chi connectivity index (χ1n) is 7.83. The second-order valence-corrected chi connectivity index (χ2v) is 5.64. The predicted octanol–water partition coefficient (Wildman–Crippen LogP) is 1.17. The standard InChI is InChI=1S/C17H25NO5/c1-13(19)18(16-10-15(20)12-23-17(16)21-2)8-9-22-11-14-6-4-3-5-7-14/h3-7,15-17,20H,8-12H2,1-2H3/t15-,16-,17+/m1/s1. The molecule has 1 aromatic rings. The van der Waals surface area contributed by atoms with Crippen LogP contribution in [0.5, 0.6) is 0 Å². The Morgan fingerprint density at radius 1 is 1.39 bits per heavy atom. The summed E-state index contributed by atoms with van der Waals surface area (Å²) in [5.74, 6) is -0.0851. The summed E-state index contributed by atoms with van der Waals surface area (Å²) in [6, 6.07) is 9.57. The van der Waals surface area contributed by atoms with Gasteiger partial charge in [-0.2, -0.15) is 0 Å². The molecule has 1 aliphatic rings. The Bertz CT molecular complexity index is 481. The van der Waals surface area contributed by atoms with Gasteiger partial charge in [0.25, 0.3) is 0 Å². The Kier molecular flexibility index (Phi) is 6.98. The van der Waals surface area contributed by atoms with Crippen molar-refractivity contribution >= 4 is 5.91 Å². The van der Waals surface area contributed by atoms with Crippen molar-refractivity contribution in [1.29, 1.82) is 0 Å². The third kappa shape index (κ3) is 5.28. The molecule has 1 fully saturated rings. The topological polar surface area (TPSA) is 68.2 Å². The van der Waals surface area contributed by atoms with Crippen LogP contribution in [0.3, 0.4) is 0 Å². The first kappa shape index (κ1) is 17.9. The molecule has 0 radical (unpaired) electrons. The minimum Gasteiger partial charge on any atom is -0.391 e. The summed E-state index contributed by atoms with van der Waals surface area (Å²) >= 11 is 0. The van der Waals surface area contributed by atoms with E-state index in [1.165, 1.54) is 6.92 Å². The van der Waals surface area contributed by atoms with E-state index in [1.807, 2.05) is 30.3 Å². The Labute approximate surface area is 136 Å². The van der Waals surface area contributed by atoms with Crippen LogP contribution in [0.2, 0.25) is 0 Å². The summed E-state index contributed by atoms with van der Waals surface area (Å²) in [7, 11) is 1.54. The van der Waals surface area contributed by atoms with Crippen LogP contribution in [0.25, 0.3) is 0 Å². The molecule has 1 amide bonds. The molecule has 0 spiro atoms. The molecule has 3 atom stereocenters. The highest BCUT2D eigenvalue weighted by molar-refractivity contribution is 5.73. The van der Waals surface area contributed by atoms with Crippen molar-refractivity contribution in [3.05, 3.63) is 35.9 Å². The maximum atomic E-state index is 12.0. The molecule has 0 bridgehead atoms. The predicted molar refractivity (Wildman–Crippen MR) is 84.6 cm³/mol. The van der Waals surface area contributed by atoms with Gasteiger partial charge in [0.15, 0.2) is 6.29 Å². The summed E-state index contributed by atoms with van der Waals surface area (Å²) < 4.78 is 16.4. The molecule has 6 heteroatoms. The van der Waals surface area contributed by atoms with E-state index in [2.05, 4.69) is 0 Å². The van der Waals surface area contributed by atoms with Crippen LogP contribution in [0.1, 0.15) is 18.9 Å². The monoisotopic (exact) mass is 323 g/mol. The minimum atomic E-state index is -0.585. The van der Waals surface area contributed by atoms with Crippen LogP contribution in [0.15, 0.2) is 30.3 Å². The smallest absolute Gasteiger partial charge is 0.219 e. The summed E-state index contributed by atoms with van der Waals surface area (Å²) in [6.07, 6.45) is -0.661. The number of carbonyl (C=O) groups is 1. The minimum absolute atomic E-state index is 0.0851. The Balaban J connectivity index is 1.86. The fraction of sp³-hybridized carbons (Fsp3) is 0.588. The van der Waals surface area contributed by atoms with Crippen LogP contribution in [0.4, 0.5) is 0 Å². The maximum Gasteiger partial charge on any atom is 0.219 e. The highest BCUT2D eigenvalue weighted by atomic mass is 16.7. The molecule has 23 heavy (non-hydrogen) atoms. The lowest BCUT2D eigenvalue weighted by molar-refractivity contribution is -0.211. The lowest BCUT2D eigenvalue weighted by atomic mass is 10.0. The van der Waals surface area contributed by atoms with Crippen molar-refractivity contribution in [3.63, 3.8) is 0 Å². The quantitative estimate of drug-likeness (QED) is 0.763. The van der Waals surface area contributed by atoms with Crippen LogP contribution in [-0.2, 0) is 25.6 Å². The van der Waals surface area contributed by atoms with Crippen molar-refractivity contribution in [2.24, 2.45) is 0 Å². The number of aliphatic hydroxyl groups excluding tert-OH is 1. The fourth-order valence-electron chi connectivity index (χ4n) is 2.76. The number of carbonyl (C=O) groups excluding carboxylic acids is 1. The molecule has 0 saturated carbocycles. The number of benzene rings is 1. The largest absolute Gasteiger partial charge is 0.391 e. The molecule has 128 valence electrons. The van der Waals surface area contributed by atoms with Gasteiger partial charge < -0.3 is 24.2 Å². The highest BCUT2D eigenvalue weighted by Crippen LogP contribution is 2.21. The van der Waals surface area contributed by atoms with Crippen molar-refractivity contribution in [2.75, 3.05) is 26.9 Å². The molecule has 0 aromatic heterocycles. The lowest BCUT2D eigenvalue weighted by Gasteiger charge is -2.40. The van der Waals surface area contributed by atoms with E-state index in [0.717, 1.165) is 5.56 Å². The SMILES string of the molecule is CO[C@H]1OC[C@H](O)C[C@H]1N(CCOCc1ccccc1)C(C)=O. The van der Waals surface area contributed by atoms with Crippen LogP contribution < -0.4 is 0 Å². The molecular weight excluding hydrogens is 298 g/mol. The van der Waals surface area contributed by atoms with Gasteiger partial charge in [-0.15, -0.1) is 0 Å². The molecule has 0 unspecified atom stereocenters. The average Bonchev–Trinajstić information content (AvgIpc) is 2.55. The van der Waals surface area contributed by atoms with Gasteiger partial charge in [0.2, 0.25) is 5.91 Å². The van der Waals surface area contributed by atoms with Crippen LogP contribution in [-0.4, -0.2) is 61.2 Å². The third-order valence-electron chi connectivity index (χ3n) is 3.91. The van der Waals surface area contributed by atoms with Gasteiger partial charge in [-0.25, -0.2) is 0 Å². The van der Waals surface area contributed by atoms with E-state index in [-0.39, 0.29) is 18.6 Å². The Morgan fingerprint density at radius 3 is 2.78 bits per heavy atom. The van der Waals surface area contributed by atoms with E-state index >= 15 is 0 Å². The van der Waals surface area contributed by atoms with E-state index in [1.54, 1.807) is 12.0 Å².